The Bertz CT molecular complexity index is 189. The summed E-state index contributed by atoms with van der Waals surface area (Å²) < 4.78 is 0. The summed E-state index contributed by atoms with van der Waals surface area (Å²) in [6, 6.07) is 0.911. The van der Waals surface area contributed by atoms with E-state index in [1.807, 2.05) is 0 Å². The quantitative estimate of drug-likeness (QED) is 0.344. The van der Waals surface area contributed by atoms with Crippen molar-refractivity contribution in [3.63, 3.8) is 0 Å². The molecule has 0 aromatic heterocycles. The van der Waals surface area contributed by atoms with Gasteiger partial charge in [0.05, 0.1) is 9.52 Å². The second kappa shape index (κ2) is 12.6. The predicted octanol–water partition coefficient (Wildman–Crippen LogP) is 1.85. The highest BCUT2D eigenvalue weighted by atomic mass is 32.2. The number of aliphatic hydroxyl groups is 2. The van der Waals surface area contributed by atoms with Crippen LogP contribution in [0.1, 0.15) is 51.9 Å². The number of hydrogen-bond acceptors (Lipinski definition) is 4. The van der Waals surface area contributed by atoms with E-state index in [4.69, 9.17) is 10.2 Å². The summed E-state index contributed by atoms with van der Waals surface area (Å²) in [7, 11) is -0.738. The van der Waals surface area contributed by atoms with Crippen LogP contribution in [0.25, 0.3) is 0 Å². The van der Waals surface area contributed by atoms with E-state index in [-0.39, 0.29) is 0 Å². The smallest absolute Gasteiger partial charge is 0.188 e. The van der Waals surface area contributed by atoms with Gasteiger partial charge in [0.15, 0.2) is 5.12 Å². The normalized spacial score (nSPS) is 11.8. The van der Waals surface area contributed by atoms with Crippen molar-refractivity contribution >= 4 is 26.4 Å². The van der Waals surface area contributed by atoms with E-state index in [2.05, 4.69) is 6.92 Å². The lowest BCUT2D eigenvalue weighted by Crippen LogP contribution is -2.14. The highest BCUT2D eigenvalue weighted by Crippen LogP contribution is 2.13. The molecular formula is C12H26O3SSi. The number of carbonyl (C=O) groups is 1. The van der Waals surface area contributed by atoms with E-state index < -0.39 is 15.4 Å². The van der Waals surface area contributed by atoms with E-state index >= 15 is 0 Å². The minimum absolute atomic E-state index is 0.299. The van der Waals surface area contributed by atoms with E-state index in [1.54, 1.807) is 0 Å². The van der Waals surface area contributed by atoms with Gasteiger partial charge in [-0.1, -0.05) is 50.4 Å². The van der Waals surface area contributed by atoms with Crippen molar-refractivity contribution in [2.75, 3.05) is 5.75 Å². The summed E-state index contributed by atoms with van der Waals surface area (Å²) in [6.45, 7) is 2.19. The summed E-state index contributed by atoms with van der Waals surface area (Å²) in [4.78, 5) is 11.4. The Balaban J connectivity index is 3.18. The molecule has 0 radical (unpaired) electrons. The summed E-state index contributed by atoms with van der Waals surface area (Å²) in [5.74, 6) is -0.220. The van der Waals surface area contributed by atoms with Gasteiger partial charge in [-0.25, -0.2) is 0 Å². The van der Waals surface area contributed by atoms with Gasteiger partial charge >= 0.3 is 0 Å². The fraction of sp³-hybridized carbons (Fsp3) is 0.917. The molecule has 0 aromatic carbocycles. The molecule has 102 valence electrons. The van der Waals surface area contributed by atoms with Crippen LogP contribution in [0.2, 0.25) is 6.04 Å². The van der Waals surface area contributed by atoms with Crippen LogP contribution in [-0.2, 0) is 4.79 Å². The third kappa shape index (κ3) is 14.1. The molecule has 0 aliphatic heterocycles. The second-order valence-corrected chi connectivity index (χ2v) is 7.53. The average Bonchev–Trinajstić information content (AvgIpc) is 2.28. The molecule has 0 aliphatic rings. The summed E-state index contributed by atoms with van der Waals surface area (Å²) in [6.07, 6.45) is 7.59. The molecule has 0 aromatic rings. The molecule has 0 atom stereocenters. The van der Waals surface area contributed by atoms with Gasteiger partial charge in [-0.15, -0.1) is 0 Å². The Labute approximate surface area is 111 Å². The van der Waals surface area contributed by atoms with E-state index in [0.29, 0.717) is 11.5 Å². The number of hydrogen-bond donors (Lipinski definition) is 2. The van der Waals surface area contributed by atoms with Crippen LogP contribution in [0, 0.1) is 0 Å². The zero-order valence-corrected chi connectivity index (χ0v) is 13.1. The number of carbonyl (C=O) groups excluding carboxylic acids is 1. The van der Waals surface area contributed by atoms with Gasteiger partial charge in [-0.05, 0) is 12.8 Å². The minimum atomic E-state index is -1.06. The van der Waals surface area contributed by atoms with Crippen LogP contribution < -0.4 is 0 Å². The maximum absolute atomic E-state index is 11.4. The third-order valence-electron chi connectivity index (χ3n) is 2.60. The highest BCUT2D eigenvalue weighted by Gasteiger charge is 2.03. The monoisotopic (exact) mass is 278 g/mol. The molecule has 3 nitrogen and oxygen atoms in total. The average molecular weight is 278 g/mol. The van der Waals surface area contributed by atoms with Crippen LogP contribution in [-0.4, -0.2) is 36.5 Å². The molecule has 5 heteroatoms. The van der Waals surface area contributed by atoms with Crippen LogP contribution in [0.4, 0.5) is 0 Å². The molecule has 17 heavy (non-hydrogen) atoms. The second-order valence-electron chi connectivity index (χ2n) is 4.36. The lowest BCUT2D eigenvalue weighted by atomic mass is 10.1. The Morgan fingerprint density at radius 1 is 1.18 bits per heavy atom. The summed E-state index contributed by atoms with van der Waals surface area (Å²) >= 11 is 1.41. The molecule has 0 saturated carbocycles. The first-order valence-corrected chi connectivity index (χ1v) is 9.48. The van der Waals surface area contributed by atoms with Crippen LogP contribution >= 0.6 is 11.8 Å². The topological polar surface area (TPSA) is 57.5 Å². The number of unbranched alkanes of at least 4 members (excludes halogenated alkanes) is 4. The van der Waals surface area contributed by atoms with Gasteiger partial charge < -0.3 is 10.2 Å². The molecule has 2 N–H and O–H groups in total. The van der Waals surface area contributed by atoms with Crippen molar-refractivity contribution in [3.8, 4) is 0 Å². The Morgan fingerprint density at radius 3 is 2.53 bits per heavy atom. The van der Waals surface area contributed by atoms with Crippen LogP contribution in [0.3, 0.4) is 0 Å². The van der Waals surface area contributed by atoms with E-state index in [1.165, 1.54) is 37.4 Å². The van der Waals surface area contributed by atoms with E-state index in [0.717, 1.165) is 24.6 Å². The minimum Gasteiger partial charge on any atom is -0.373 e. The molecule has 0 saturated heterocycles. The standard InChI is InChI=1S/C12H26O3SSi/c1-2-3-4-5-6-8-11(13)16-9-7-10-17-12(14)15/h12,14-15H,2-10,17H2,1H3. The first kappa shape index (κ1) is 17.2. The molecule has 0 heterocycles. The largest absolute Gasteiger partial charge is 0.373 e. The molecule has 0 amide bonds. The Morgan fingerprint density at radius 2 is 1.88 bits per heavy atom. The van der Waals surface area contributed by atoms with Crippen molar-refractivity contribution in [1.82, 2.24) is 0 Å². The van der Waals surface area contributed by atoms with E-state index in [9.17, 15) is 4.79 Å². The molecule has 0 rings (SSSR count). The maximum Gasteiger partial charge on any atom is 0.188 e. The molecular weight excluding hydrogens is 252 g/mol. The number of rotatable bonds is 11. The van der Waals surface area contributed by atoms with Gasteiger partial charge in [0.25, 0.3) is 0 Å². The SMILES string of the molecule is CCCCCCCC(=O)SCCC[SiH2]C(O)O. The number of aliphatic hydroxyl groups excluding tert-OH is 1. The van der Waals surface area contributed by atoms with Crippen molar-refractivity contribution in [1.29, 1.82) is 0 Å². The third-order valence-corrected chi connectivity index (χ3v) is 5.05. The summed E-state index contributed by atoms with van der Waals surface area (Å²) in [5, 5.41) is 17.7. The van der Waals surface area contributed by atoms with Crippen LogP contribution in [0.15, 0.2) is 0 Å². The van der Waals surface area contributed by atoms with Gasteiger partial charge in [0.1, 0.15) is 5.91 Å². The van der Waals surface area contributed by atoms with Gasteiger partial charge in [-0.3, -0.25) is 4.79 Å². The maximum atomic E-state index is 11.4. The first-order chi connectivity index (χ1) is 8.16. The number of thioether (sulfide) groups is 1. The fourth-order valence-corrected chi connectivity index (χ4v) is 3.69. The van der Waals surface area contributed by atoms with Gasteiger partial charge in [-0.2, -0.15) is 0 Å². The lowest BCUT2D eigenvalue weighted by molar-refractivity contribution is -0.111. The predicted molar refractivity (Wildman–Crippen MR) is 77.0 cm³/mol. The first-order valence-electron chi connectivity index (χ1n) is 6.68. The van der Waals surface area contributed by atoms with Gasteiger partial charge in [0.2, 0.25) is 0 Å². The van der Waals surface area contributed by atoms with Crippen molar-refractivity contribution in [2.45, 2.75) is 63.8 Å². The highest BCUT2D eigenvalue weighted by molar-refractivity contribution is 8.13. The molecule has 0 bridgehead atoms. The summed E-state index contributed by atoms with van der Waals surface area (Å²) in [5.41, 5.74) is 0. The molecule has 0 unspecified atom stereocenters. The van der Waals surface area contributed by atoms with Crippen molar-refractivity contribution in [2.24, 2.45) is 0 Å². The Kier molecular flexibility index (Phi) is 12.7. The zero-order chi connectivity index (χ0) is 12.9. The fourth-order valence-electron chi connectivity index (χ4n) is 1.56. The zero-order valence-electron chi connectivity index (χ0n) is 10.9. The lowest BCUT2D eigenvalue weighted by Gasteiger charge is -2.02. The molecule has 0 fully saturated rings. The van der Waals surface area contributed by atoms with Crippen molar-refractivity contribution in [3.05, 3.63) is 0 Å². The molecule has 0 aliphatic carbocycles. The van der Waals surface area contributed by atoms with Gasteiger partial charge in [0, 0.05) is 12.2 Å². The van der Waals surface area contributed by atoms with Crippen LogP contribution in [0.5, 0.6) is 0 Å². The molecule has 0 spiro atoms. The Hall–Kier alpha value is 0.157. The van der Waals surface area contributed by atoms with Crippen molar-refractivity contribution < 1.29 is 15.0 Å².